The average molecular weight is 444 g/mol. The van der Waals surface area contributed by atoms with Crippen LogP contribution in [0.5, 0.6) is 5.75 Å². The largest absolute Gasteiger partial charge is 0.497 e. The zero-order valence-corrected chi connectivity index (χ0v) is 17.8. The molecule has 0 bridgehead atoms. The molecule has 166 valence electrons. The highest BCUT2D eigenvalue weighted by molar-refractivity contribution is 6.18. The molecule has 1 heterocycles. The molecule has 0 aliphatic rings. The Labute approximate surface area is 188 Å². The number of nitrogens with one attached hydrogen (secondary N) is 3. The van der Waals surface area contributed by atoms with Gasteiger partial charge in [0.25, 0.3) is 5.91 Å². The van der Waals surface area contributed by atoms with E-state index in [1.54, 1.807) is 73.8 Å². The molecule has 0 spiro atoms. The van der Waals surface area contributed by atoms with Crippen LogP contribution in [0.1, 0.15) is 26.3 Å². The van der Waals surface area contributed by atoms with Crippen LogP contribution in [0.15, 0.2) is 66.7 Å². The Kier molecular flexibility index (Phi) is 6.03. The first-order valence-corrected chi connectivity index (χ1v) is 9.92. The highest BCUT2D eigenvalue weighted by Crippen LogP contribution is 2.22. The Hall–Kier alpha value is -4.66. The second kappa shape index (κ2) is 9.23. The Morgan fingerprint density at radius 2 is 1.67 bits per heavy atom. The number of fused-ring (bicyclic) bond motifs is 1. The van der Waals surface area contributed by atoms with Crippen molar-refractivity contribution in [3.8, 4) is 5.75 Å². The van der Waals surface area contributed by atoms with E-state index in [4.69, 9.17) is 4.74 Å². The van der Waals surface area contributed by atoms with E-state index in [-0.39, 0.29) is 22.9 Å². The molecular weight excluding hydrogens is 424 g/mol. The number of rotatable bonds is 6. The van der Waals surface area contributed by atoms with Crippen molar-refractivity contribution in [3.05, 3.63) is 83.4 Å². The Bertz CT molecular complexity index is 1360. The van der Waals surface area contributed by atoms with Gasteiger partial charge in [0, 0.05) is 22.9 Å². The van der Waals surface area contributed by atoms with Crippen LogP contribution in [0.3, 0.4) is 0 Å². The molecule has 1 aromatic heterocycles. The zero-order chi connectivity index (χ0) is 23.4. The number of imidazole rings is 1. The maximum Gasteiger partial charge on any atom is 0.413 e. The Morgan fingerprint density at radius 1 is 0.879 bits per heavy atom. The fraction of sp³-hybridized carbons (Fsp3) is 0.0833. The number of hydrogen-bond acceptors (Lipinski definition) is 6. The van der Waals surface area contributed by atoms with Crippen LogP contribution in [0, 0.1) is 0 Å². The predicted molar refractivity (Wildman–Crippen MR) is 123 cm³/mol. The average Bonchev–Trinajstić information content (AvgIpc) is 3.24. The topological polar surface area (TPSA) is 122 Å². The fourth-order valence-corrected chi connectivity index (χ4v) is 3.29. The maximum atomic E-state index is 13.3. The smallest absolute Gasteiger partial charge is 0.413 e. The van der Waals surface area contributed by atoms with E-state index >= 15 is 0 Å². The lowest BCUT2D eigenvalue weighted by molar-refractivity contribution is 0.0996. The first-order valence-electron chi connectivity index (χ1n) is 9.92. The number of amides is 2. The molecule has 9 heteroatoms. The molecule has 0 fully saturated rings. The molecule has 0 radical (unpaired) electrons. The summed E-state index contributed by atoms with van der Waals surface area (Å²) in [6.07, 6.45) is -0.665. The standard InChI is InChI=1S/C24H20N4O5/c1-32-16-7-5-6-15(13-16)25-22(30)18-9-4-3-8-17(18)21(29)14-10-11-19-20(12-14)27-23(26-19)28-24(31)33-2/h3-13H,1-2H3,(H,25,30)(H2,26,27,28,31). The number of anilines is 2. The van der Waals surface area contributed by atoms with Crippen LogP contribution in [-0.2, 0) is 4.74 Å². The fourth-order valence-electron chi connectivity index (χ4n) is 3.29. The van der Waals surface area contributed by atoms with Gasteiger partial charge >= 0.3 is 6.09 Å². The van der Waals surface area contributed by atoms with E-state index in [1.807, 2.05) is 0 Å². The van der Waals surface area contributed by atoms with Gasteiger partial charge in [0.1, 0.15) is 5.75 Å². The van der Waals surface area contributed by atoms with Crippen molar-refractivity contribution >= 4 is 40.5 Å². The summed E-state index contributed by atoms with van der Waals surface area (Å²) in [5, 5.41) is 5.24. The molecule has 4 rings (SSSR count). The van der Waals surface area contributed by atoms with Crippen molar-refractivity contribution in [1.82, 2.24) is 9.97 Å². The van der Waals surface area contributed by atoms with E-state index in [1.165, 1.54) is 7.11 Å². The number of carbonyl (C=O) groups excluding carboxylic acids is 3. The van der Waals surface area contributed by atoms with Gasteiger partial charge < -0.3 is 19.8 Å². The minimum Gasteiger partial charge on any atom is -0.497 e. The minimum absolute atomic E-state index is 0.194. The SMILES string of the molecule is COC(=O)Nc1nc2ccc(C(=O)c3ccccc3C(=O)Nc3cccc(OC)c3)cc2[nH]1. The van der Waals surface area contributed by atoms with Gasteiger partial charge in [0.2, 0.25) is 5.95 Å². The summed E-state index contributed by atoms with van der Waals surface area (Å²) in [5.41, 5.74) is 2.50. The molecule has 3 aromatic carbocycles. The number of H-pyrrole nitrogens is 1. The molecule has 33 heavy (non-hydrogen) atoms. The monoisotopic (exact) mass is 444 g/mol. The van der Waals surface area contributed by atoms with Gasteiger partial charge in [-0.2, -0.15) is 0 Å². The van der Waals surface area contributed by atoms with E-state index < -0.39 is 12.0 Å². The molecule has 3 N–H and O–H groups in total. The molecule has 0 saturated heterocycles. The number of ketones is 1. The molecule has 0 unspecified atom stereocenters. The highest BCUT2D eigenvalue weighted by Gasteiger charge is 2.19. The number of aromatic nitrogens is 2. The van der Waals surface area contributed by atoms with Gasteiger partial charge in [-0.05, 0) is 36.4 Å². The second-order valence-electron chi connectivity index (χ2n) is 6.99. The van der Waals surface area contributed by atoms with Crippen LogP contribution in [0.25, 0.3) is 11.0 Å². The first-order chi connectivity index (χ1) is 16.0. The van der Waals surface area contributed by atoms with Gasteiger partial charge in [-0.25, -0.2) is 9.78 Å². The molecule has 0 aliphatic carbocycles. The number of benzene rings is 3. The van der Waals surface area contributed by atoms with E-state index in [9.17, 15) is 14.4 Å². The van der Waals surface area contributed by atoms with E-state index in [2.05, 4.69) is 25.3 Å². The second-order valence-corrected chi connectivity index (χ2v) is 6.99. The molecular formula is C24H20N4O5. The van der Waals surface area contributed by atoms with Gasteiger partial charge in [0.05, 0.1) is 30.8 Å². The van der Waals surface area contributed by atoms with Crippen molar-refractivity contribution in [1.29, 1.82) is 0 Å². The third-order valence-corrected chi connectivity index (χ3v) is 4.89. The maximum absolute atomic E-state index is 13.3. The minimum atomic E-state index is -0.665. The molecule has 4 aromatic rings. The van der Waals surface area contributed by atoms with E-state index in [0.29, 0.717) is 28.0 Å². The number of hydrogen-bond donors (Lipinski definition) is 3. The van der Waals surface area contributed by atoms with E-state index in [0.717, 1.165) is 0 Å². The van der Waals surface area contributed by atoms with Gasteiger partial charge in [-0.3, -0.25) is 14.9 Å². The van der Waals surface area contributed by atoms with Gasteiger partial charge in [0.15, 0.2) is 5.78 Å². The quantitative estimate of drug-likeness (QED) is 0.383. The number of aromatic amines is 1. The number of nitrogens with zero attached hydrogens (tertiary/aromatic N) is 1. The lowest BCUT2D eigenvalue weighted by Gasteiger charge is -2.10. The van der Waals surface area contributed by atoms with Crippen LogP contribution in [-0.4, -0.2) is 42.0 Å². The molecule has 2 amide bonds. The van der Waals surface area contributed by atoms with Crippen molar-refractivity contribution in [2.75, 3.05) is 24.9 Å². The summed E-state index contributed by atoms with van der Waals surface area (Å²) in [6, 6.07) is 18.4. The number of carbonyl (C=O) groups is 3. The summed E-state index contributed by atoms with van der Waals surface area (Å²) < 4.78 is 9.73. The molecule has 9 nitrogen and oxygen atoms in total. The third-order valence-electron chi connectivity index (χ3n) is 4.89. The summed E-state index contributed by atoms with van der Waals surface area (Å²) in [4.78, 5) is 44.8. The molecule has 0 saturated carbocycles. The molecule has 0 aliphatic heterocycles. The summed E-state index contributed by atoms with van der Waals surface area (Å²) in [5.74, 6) is 0.0513. The number of methoxy groups -OCH3 is 2. The Morgan fingerprint density at radius 3 is 2.42 bits per heavy atom. The normalized spacial score (nSPS) is 10.5. The summed E-state index contributed by atoms with van der Waals surface area (Å²) >= 11 is 0. The first kappa shape index (κ1) is 21.6. The van der Waals surface area contributed by atoms with Crippen molar-refractivity contribution in [2.45, 2.75) is 0 Å². The van der Waals surface area contributed by atoms with Crippen molar-refractivity contribution in [2.24, 2.45) is 0 Å². The van der Waals surface area contributed by atoms with Gasteiger partial charge in [-0.15, -0.1) is 0 Å². The predicted octanol–water partition coefficient (Wildman–Crippen LogP) is 4.23. The number of ether oxygens (including phenoxy) is 2. The van der Waals surface area contributed by atoms with Crippen LogP contribution in [0.4, 0.5) is 16.4 Å². The highest BCUT2D eigenvalue weighted by atomic mass is 16.5. The summed E-state index contributed by atoms with van der Waals surface area (Å²) in [6.45, 7) is 0. The van der Waals surface area contributed by atoms with Gasteiger partial charge in [-0.1, -0.05) is 24.3 Å². The Balaban J connectivity index is 1.61. The van der Waals surface area contributed by atoms with Crippen LogP contribution < -0.4 is 15.4 Å². The lowest BCUT2D eigenvalue weighted by Crippen LogP contribution is -2.17. The van der Waals surface area contributed by atoms with Crippen LogP contribution >= 0.6 is 0 Å². The van der Waals surface area contributed by atoms with Crippen molar-refractivity contribution in [3.63, 3.8) is 0 Å². The van der Waals surface area contributed by atoms with Crippen LogP contribution in [0.2, 0.25) is 0 Å². The lowest BCUT2D eigenvalue weighted by atomic mass is 9.97. The third kappa shape index (κ3) is 4.67. The zero-order valence-electron chi connectivity index (χ0n) is 17.8. The molecule has 0 atom stereocenters. The van der Waals surface area contributed by atoms with Crippen molar-refractivity contribution < 1.29 is 23.9 Å². The summed E-state index contributed by atoms with van der Waals surface area (Å²) in [7, 11) is 2.79.